The Kier molecular flexibility index (Phi) is 4.59. The first-order valence-electron chi connectivity index (χ1n) is 6.01. The van der Waals surface area contributed by atoms with Crippen LogP contribution in [0.2, 0.25) is 0 Å². The van der Waals surface area contributed by atoms with Crippen LogP contribution in [-0.2, 0) is 6.42 Å². The van der Waals surface area contributed by atoms with E-state index in [2.05, 4.69) is 22.0 Å². The van der Waals surface area contributed by atoms with Gasteiger partial charge in [0.25, 0.3) is 0 Å². The Morgan fingerprint density at radius 1 is 1.11 bits per heavy atom. The molecule has 0 saturated heterocycles. The first-order valence-corrected chi connectivity index (χ1v) is 6.80. The lowest BCUT2D eigenvalue weighted by Crippen LogP contribution is -2.00. The van der Waals surface area contributed by atoms with Gasteiger partial charge in [0.05, 0.1) is 19.1 Å². The number of hydrogen-bond donors (Lipinski definition) is 0. The molecule has 1 unspecified atom stereocenters. The molecule has 2 nitrogen and oxygen atoms in total. The van der Waals surface area contributed by atoms with E-state index in [1.807, 2.05) is 48.5 Å². The number of hydrogen-bond acceptors (Lipinski definition) is 2. The van der Waals surface area contributed by atoms with Crippen LogP contribution >= 0.6 is 15.9 Å². The third-order valence-electron chi connectivity index (χ3n) is 3.03. The summed E-state index contributed by atoms with van der Waals surface area (Å²) in [7, 11) is 1.64. The molecule has 0 aliphatic rings. The van der Waals surface area contributed by atoms with E-state index in [9.17, 15) is 5.26 Å². The monoisotopic (exact) mass is 315 g/mol. The van der Waals surface area contributed by atoms with Gasteiger partial charge < -0.3 is 4.74 Å². The third-order valence-corrected chi connectivity index (χ3v) is 3.56. The molecule has 19 heavy (non-hydrogen) atoms. The summed E-state index contributed by atoms with van der Waals surface area (Å²) in [5.74, 6) is 0.677. The zero-order valence-corrected chi connectivity index (χ0v) is 12.2. The fourth-order valence-corrected chi connectivity index (χ4v) is 2.19. The number of benzene rings is 2. The minimum absolute atomic E-state index is 0.132. The van der Waals surface area contributed by atoms with E-state index in [4.69, 9.17) is 4.74 Å². The van der Waals surface area contributed by atoms with Gasteiger partial charge in [-0.05, 0) is 41.8 Å². The van der Waals surface area contributed by atoms with E-state index in [0.717, 1.165) is 27.8 Å². The first kappa shape index (κ1) is 13.6. The summed E-state index contributed by atoms with van der Waals surface area (Å²) in [6.45, 7) is 0. The standard InChI is InChI=1S/C16H14BrNO/c1-19-16-8-4-13(5-9-16)14(11-18)10-12-2-6-15(17)7-3-12/h2-9,14H,10H2,1H3. The Labute approximate surface area is 121 Å². The van der Waals surface area contributed by atoms with Crippen LogP contribution in [0.15, 0.2) is 53.0 Å². The van der Waals surface area contributed by atoms with Gasteiger partial charge in [0.2, 0.25) is 0 Å². The Morgan fingerprint density at radius 2 is 1.74 bits per heavy atom. The van der Waals surface area contributed by atoms with E-state index in [1.165, 1.54) is 0 Å². The number of halogens is 1. The first-order chi connectivity index (χ1) is 9.22. The summed E-state index contributed by atoms with van der Waals surface area (Å²) >= 11 is 3.41. The van der Waals surface area contributed by atoms with Crippen LogP contribution in [0, 0.1) is 11.3 Å². The second kappa shape index (κ2) is 6.40. The number of rotatable bonds is 4. The highest BCUT2D eigenvalue weighted by molar-refractivity contribution is 9.10. The molecule has 2 rings (SSSR count). The molecule has 2 aromatic carbocycles. The van der Waals surface area contributed by atoms with Crippen LogP contribution in [0.25, 0.3) is 0 Å². The van der Waals surface area contributed by atoms with Crippen molar-refractivity contribution < 1.29 is 4.74 Å². The third kappa shape index (κ3) is 3.59. The van der Waals surface area contributed by atoms with Crippen LogP contribution in [0.5, 0.6) is 5.75 Å². The normalized spacial score (nSPS) is 11.6. The lowest BCUT2D eigenvalue weighted by molar-refractivity contribution is 0.414. The lowest BCUT2D eigenvalue weighted by atomic mass is 9.93. The van der Waals surface area contributed by atoms with Crippen molar-refractivity contribution in [3.8, 4) is 11.8 Å². The van der Waals surface area contributed by atoms with E-state index in [0.29, 0.717) is 0 Å². The molecule has 0 aromatic heterocycles. The Bertz CT molecular complexity index is 569. The van der Waals surface area contributed by atoms with Gasteiger partial charge in [0.1, 0.15) is 5.75 Å². The summed E-state index contributed by atoms with van der Waals surface area (Å²) in [5.41, 5.74) is 2.18. The van der Waals surface area contributed by atoms with Gasteiger partial charge in [-0.1, -0.05) is 40.2 Å². The summed E-state index contributed by atoms with van der Waals surface area (Å²) in [4.78, 5) is 0. The molecule has 0 saturated carbocycles. The molecular formula is C16H14BrNO. The van der Waals surface area contributed by atoms with Crippen molar-refractivity contribution in [2.45, 2.75) is 12.3 Å². The molecule has 0 spiro atoms. The van der Waals surface area contributed by atoms with Gasteiger partial charge in [-0.3, -0.25) is 0 Å². The van der Waals surface area contributed by atoms with Gasteiger partial charge in [-0.25, -0.2) is 0 Å². The molecule has 1 atom stereocenters. The fourth-order valence-electron chi connectivity index (χ4n) is 1.93. The van der Waals surface area contributed by atoms with Crippen LogP contribution in [0.1, 0.15) is 17.0 Å². The molecule has 0 fully saturated rings. The number of methoxy groups -OCH3 is 1. The Balaban J connectivity index is 2.15. The second-order valence-corrected chi connectivity index (χ2v) is 5.20. The molecule has 0 N–H and O–H groups in total. The minimum atomic E-state index is -0.132. The zero-order chi connectivity index (χ0) is 13.7. The molecule has 3 heteroatoms. The van der Waals surface area contributed by atoms with Crippen molar-refractivity contribution in [2.24, 2.45) is 0 Å². The Morgan fingerprint density at radius 3 is 2.26 bits per heavy atom. The summed E-state index contributed by atoms with van der Waals surface area (Å²) in [6, 6.07) is 18.1. The van der Waals surface area contributed by atoms with Gasteiger partial charge in [0, 0.05) is 4.47 Å². The molecule has 0 radical (unpaired) electrons. The molecular weight excluding hydrogens is 302 g/mol. The van der Waals surface area contributed by atoms with Crippen LogP contribution in [-0.4, -0.2) is 7.11 Å². The van der Waals surface area contributed by atoms with Gasteiger partial charge >= 0.3 is 0 Å². The molecule has 2 aromatic rings. The highest BCUT2D eigenvalue weighted by Crippen LogP contribution is 2.23. The van der Waals surface area contributed by atoms with Crippen molar-refractivity contribution in [3.63, 3.8) is 0 Å². The molecule has 0 aliphatic carbocycles. The van der Waals surface area contributed by atoms with Gasteiger partial charge in [0.15, 0.2) is 0 Å². The topological polar surface area (TPSA) is 33.0 Å². The van der Waals surface area contributed by atoms with Gasteiger partial charge in [-0.15, -0.1) is 0 Å². The smallest absolute Gasteiger partial charge is 0.118 e. The highest BCUT2D eigenvalue weighted by atomic mass is 79.9. The van der Waals surface area contributed by atoms with Crippen molar-refractivity contribution in [3.05, 3.63) is 64.1 Å². The van der Waals surface area contributed by atoms with Crippen LogP contribution < -0.4 is 4.74 Å². The van der Waals surface area contributed by atoms with E-state index in [1.54, 1.807) is 7.11 Å². The summed E-state index contributed by atoms with van der Waals surface area (Å²) in [5, 5.41) is 9.33. The molecule has 0 amide bonds. The number of ether oxygens (including phenoxy) is 1. The quantitative estimate of drug-likeness (QED) is 0.842. The average Bonchev–Trinajstić information content (AvgIpc) is 2.47. The zero-order valence-electron chi connectivity index (χ0n) is 10.6. The van der Waals surface area contributed by atoms with Crippen molar-refractivity contribution >= 4 is 15.9 Å². The summed E-state index contributed by atoms with van der Waals surface area (Å²) in [6.07, 6.45) is 0.718. The van der Waals surface area contributed by atoms with Crippen molar-refractivity contribution in [1.29, 1.82) is 5.26 Å². The maximum atomic E-state index is 9.33. The van der Waals surface area contributed by atoms with Crippen molar-refractivity contribution in [1.82, 2.24) is 0 Å². The Hall–Kier alpha value is -1.79. The second-order valence-electron chi connectivity index (χ2n) is 4.29. The minimum Gasteiger partial charge on any atom is -0.497 e. The average molecular weight is 316 g/mol. The maximum Gasteiger partial charge on any atom is 0.118 e. The molecule has 0 aliphatic heterocycles. The predicted octanol–water partition coefficient (Wildman–Crippen LogP) is 4.31. The number of nitrogens with zero attached hydrogens (tertiary/aromatic N) is 1. The van der Waals surface area contributed by atoms with E-state index < -0.39 is 0 Å². The molecule has 96 valence electrons. The summed E-state index contributed by atoms with van der Waals surface area (Å²) < 4.78 is 6.18. The van der Waals surface area contributed by atoms with E-state index in [-0.39, 0.29) is 5.92 Å². The van der Waals surface area contributed by atoms with Crippen LogP contribution in [0.4, 0.5) is 0 Å². The lowest BCUT2D eigenvalue weighted by Gasteiger charge is -2.10. The van der Waals surface area contributed by atoms with Gasteiger partial charge in [-0.2, -0.15) is 5.26 Å². The maximum absolute atomic E-state index is 9.33. The highest BCUT2D eigenvalue weighted by Gasteiger charge is 2.11. The molecule has 0 bridgehead atoms. The van der Waals surface area contributed by atoms with Crippen molar-refractivity contribution in [2.75, 3.05) is 7.11 Å². The number of nitriles is 1. The van der Waals surface area contributed by atoms with Crippen LogP contribution in [0.3, 0.4) is 0 Å². The van der Waals surface area contributed by atoms with E-state index >= 15 is 0 Å². The fraction of sp³-hybridized carbons (Fsp3) is 0.188. The molecule has 0 heterocycles. The predicted molar refractivity (Wildman–Crippen MR) is 79.2 cm³/mol. The largest absolute Gasteiger partial charge is 0.497 e. The SMILES string of the molecule is COc1ccc(C(C#N)Cc2ccc(Br)cc2)cc1.